The minimum Gasteiger partial charge on any atom is -0.395 e. The third kappa shape index (κ3) is 3.55. The first-order valence-electron chi connectivity index (χ1n) is 9.64. The Kier molecular flexibility index (Phi) is 5.21. The number of fused-ring (bicyclic) bond motifs is 1. The van der Waals surface area contributed by atoms with Crippen LogP contribution in [-0.2, 0) is 0 Å². The number of nitrogens with one attached hydrogen (secondary N) is 2. The van der Waals surface area contributed by atoms with Crippen LogP contribution in [-0.4, -0.2) is 43.7 Å². The highest BCUT2D eigenvalue weighted by Gasteiger charge is 2.21. The van der Waals surface area contributed by atoms with Crippen LogP contribution in [0.4, 0.5) is 0 Å². The van der Waals surface area contributed by atoms with Gasteiger partial charge in [0, 0.05) is 23.7 Å². The Morgan fingerprint density at radius 3 is 2.68 bits per heavy atom. The fourth-order valence-electron chi connectivity index (χ4n) is 3.78. The fourth-order valence-corrected chi connectivity index (χ4v) is 3.78. The molecular weight excluding hydrogens is 358 g/mol. The third-order valence-electron chi connectivity index (χ3n) is 5.21. The number of carbonyl (C=O) groups excluding carboxylic acids is 1. The number of benzene rings is 1. The highest BCUT2D eigenvalue weighted by Crippen LogP contribution is 2.29. The summed E-state index contributed by atoms with van der Waals surface area (Å²) >= 11 is 0. The molecular formula is C20H23N5O3. The molecule has 0 radical (unpaired) electrons. The molecule has 1 fully saturated rings. The molecule has 0 atom stereocenters. The van der Waals surface area contributed by atoms with Crippen LogP contribution in [0.15, 0.2) is 35.3 Å². The lowest BCUT2D eigenvalue weighted by atomic mass is 9.95. The summed E-state index contributed by atoms with van der Waals surface area (Å²) in [5.41, 5.74) is 2.86. The van der Waals surface area contributed by atoms with Crippen molar-refractivity contribution in [2.45, 2.75) is 38.1 Å². The molecule has 0 saturated heterocycles. The van der Waals surface area contributed by atoms with Gasteiger partial charge < -0.3 is 10.4 Å². The van der Waals surface area contributed by atoms with E-state index in [1.54, 1.807) is 35.0 Å². The van der Waals surface area contributed by atoms with Crippen molar-refractivity contribution in [1.29, 1.82) is 0 Å². The molecule has 4 rings (SSSR count). The van der Waals surface area contributed by atoms with Crippen molar-refractivity contribution in [3.8, 4) is 11.3 Å². The maximum atomic E-state index is 12.5. The van der Waals surface area contributed by atoms with Crippen molar-refractivity contribution in [3.63, 3.8) is 0 Å². The maximum Gasteiger partial charge on any atom is 0.329 e. The third-order valence-corrected chi connectivity index (χ3v) is 5.21. The quantitative estimate of drug-likeness (QED) is 0.626. The first-order valence-corrected chi connectivity index (χ1v) is 9.64. The zero-order chi connectivity index (χ0) is 19.5. The lowest BCUT2D eigenvalue weighted by molar-refractivity contribution is 0.0945. The van der Waals surface area contributed by atoms with Crippen molar-refractivity contribution >= 4 is 17.2 Å². The van der Waals surface area contributed by atoms with E-state index in [2.05, 4.69) is 20.3 Å². The van der Waals surface area contributed by atoms with E-state index in [1.807, 2.05) is 0 Å². The van der Waals surface area contributed by atoms with Crippen molar-refractivity contribution in [2.24, 2.45) is 0 Å². The van der Waals surface area contributed by atoms with Crippen molar-refractivity contribution in [2.75, 3.05) is 13.2 Å². The number of rotatable bonds is 5. The Morgan fingerprint density at radius 1 is 1.21 bits per heavy atom. The molecule has 3 aromatic rings. The van der Waals surface area contributed by atoms with Crippen molar-refractivity contribution in [3.05, 3.63) is 46.5 Å². The summed E-state index contributed by atoms with van der Waals surface area (Å²) in [5, 5.41) is 11.4. The zero-order valence-corrected chi connectivity index (χ0v) is 15.5. The molecule has 8 nitrogen and oxygen atoms in total. The second kappa shape index (κ2) is 7.93. The van der Waals surface area contributed by atoms with Gasteiger partial charge in [0.1, 0.15) is 0 Å². The van der Waals surface area contributed by atoms with Crippen LogP contribution in [0.3, 0.4) is 0 Å². The predicted molar refractivity (Wildman–Crippen MR) is 105 cm³/mol. The first-order chi connectivity index (χ1) is 13.7. The standard InChI is InChI=1S/C20H23N5O3/c26-11-10-21-19(27)14-8-6-13(7-9-14)16-12-22-18-17(23-16)24-20(28)25(18)15-4-2-1-3-5-15/h6-9,12,15,26H,1-5,10-11H2,(H,21,27)(H,23,24,28). The van der Waals surface area contributed by atoms with E-state index in [0.717, 1.165) is 31.2 Å². The number of hydrogen-bond acceptors (Lipinski definition) is 5. The monoisotopic (exact) mass is 381 g/mol. The molecule has 8 heteroatoms. The minimum atomic E-state index is -0.240. The molecule has 2 heterocycles. The number of aliphatic hydroxyl groups excluding tert-OH is 1. The van der Waals surface area contributed by atoms with Crippen molar-refractivity contribution in [1.82, 2.24) is 24.8 Å². The van der Waals surface area contributed by atoms with Crippen LogP contribution in [0.1, 0.15) is 48.5 Å². The molecule has 1 aliphatic carbocycles. The van der Waals surface area contributed by atoms with E-state index in [9.17, 15) is 9.59 Å². The number of H-pyrrole nitrogens is 1. The van der Waals surface area contributed by atoms with E-state index in [4.69, 9.17) is 5.11 Å². The van der Waals surface area contributed by atoms with Gasteiger partial charge in [-0.2, -0.15) is 0 Å². The summed E-state index contributed by atoms with van der Waals surface area (Å²) in [6.45, 7) is 0.117. The molecule has 0 spiro atoms. The van der Waals surface area contributed by atoms with Gasteiger partial charge in [0.25, 0.3) is 5.91 Å². The summed E-state index contributed by atoms with van der Waals surface area (Å²) < 4.78 is 1.75. The molecule has 1 saturated carbocycles. The normalized spacial score (nSPS) is 15.0. The highest BCUT2D eigenvalue weighted by molar-refractivity contribution is 5.94. The molecule has 1 aliphatic rings. The maximum absolute atomic E-state index is 12.5. The average molecular weight is 381 g/mol. The van der Waals surface area contributed by atoms with E-state index in [0.29, 0.717) is 22.6 Å². The molecule has 0 aliphatic heterocycles. The molecule has 2 aromatic heterocycles. The van der Waals surface area contributed by atoms with Gasteiger partial charge in [-0.05, 0) is 25.0 Å². The molecule has 146 valence electrons. The highest BCUT2D eigenvalue weighted by atomic mass is 16.3. The second-order valence-electron chi connectivity index (χ2n) is 7.08. The number of aromatic nitrogens is 4. The van der Waals surface area contributed by atoms with Crippen LogP contribution in [0.2, 0.25) is 0 Å². The topological polar surface area (TPSA) is 113 Å². The van der Waals surface area contributed by atoms with Gasteiger partial charge in [-0.25, -0.2) is 14.8 Å². The van der Waals surface area contributed by atoms with Gasteiger partial charge in [-0.3, -0.25) is 14.3 Å². The Morgan fingerprint density at radius 2 is 1.96 bits per heavy atom. The van der Waals surface area contributed by atoms with E-state index < -0.39 is 0 Å². The summed E-state index contributed by atoms with van der Waals surface area (Å²) in [6.07, 6.45) is 7.14. The number of carbonyl (C=O) groups is 1. The van der Waals surface area contributed by atoms with E-state index >= 15 is 0 Å². The predicted octanol–water partition coefficient (Wildman–Crippen LogP) is 2.01. The number of aromatic amines is 1. The number of hydrogen-bond donors (Lipinski definition) is 3. The Hall–Kier alpha value is -3.00. The van der Waals surface area contributed by atoms with Gasteiger partial charge in [0.15, 0.2) is 11.3 Å². The molecule has 1 amide bonds. The SMILES string of the molecule is O=C(NCCO)c1ccc(-c2cnc3c(n2)[nH]c(=O)n3C2CCCCC2)cc1. The smallest absolute Gasteiger partial charge is 0.329 e. The molecule has 28 heavy (non-hydrogen) atoms. The van der Waals surface area contributed by atoms with Gasteiger partial charge >= 0.3 is 5.69 Å². The average Bonchev–Trinajstić information content (AvgIpc) is 3.07. The Bertz CT molecular complexity index is 1030. The van der Waals surface area contributed by atoms with Crippen LogP contribution in [0.25, 0.3) is 22.6 Å². The fraction of sp³-hybridized carbons (Fsp3) is 0.400. The number of imidazole rings is 1. The molecule has 3 N–H and O–H groups in total. The molecule has 0 bridgehead atoms. The van der Waals surface area contributed by atoms with Crippen LogP contribution < -0.4 is 11.0 Å². The van der Waals surface area contributed by atoms with Gasteiger partial charge in [0.05, 0.1) is 18.5 Å². The zero-order valence-electron chi connectivity index (χ0n) is 15.5. The number of amides is 1. The van der Waals surface area contributed by atoms with Gasteiger partial charge in [-0.1, -0.05) is 31.4 Å². The van der Waals surface area contributed by atoms with E-state index in [1.165, 1.54) is 6.42 Å². The molecule has 1 aromatic carbocycles. The lowest BCUT2D eigenvalue weighted by Gasteiger charge is -2.22. The van der Waals surface area contributed by atoms with Crippen LogP contribution in [0.5, 0.6) is 0 Å². The largest absolute Gasteiger partial charge is 0.395 e. The summed E-state index contributed by atoms with van der Waals surface area (Å²) in [6, 6.07) is 7.17. The van der Waals surface area contributed by atoms with Crippen LogP contribution >= 0.6 is 0 Å². The van der Waals surface area contributed by atoms with E-state index in [-0.39, 0.29) is 30.8 Å². The summed E-state index contributed by atoms with van der Waals surface area (Å²) in [5.74, 6) is -0.240. The lowest BCUT2D eigenvalue weighted by Crippen LogP contribution is -2.26. The number of nitrogens with zero attached hydrogens (tertiary/aromatic N) is 3. The summed E-state index contributed by atoms with van der Waals surface area (Å²) in [7, 11) is 0. The van der Waals surface area contributed by atoms with Crippen LogP contribution in [0, 0.1) is 0 Å². The van der Waals surface area contributed by atoms with Crippen molar-refractivity contribution < 1.29 is 9.90 Å². The minimum absolute atomic E-state index is 0.0991. The van der Waals surface area contributed by atoms with Gasteiger partial charge in [-0.15, -0.1) is 0 Å². The number of aliphatic hydroxyl groups is 1. The summed E-state index contributed by atoms with van der Waals surface area (Å²) in [4.78, 5) is 36.3. The van der Waals surface area contributed by atoms with Gasteiger partial charge in [0.2, 0.25) is 0 Å². The second-order valence-corrected chi connectivity index (χ2v) is 7.08. The Labute approximate surface area is 161 Å². The first kappa shape index (κ1) is 18.4. The molecule has 0 unspecified atom stereocenters. The Balaban J connectivity index is 1.61.